The zero-order chi connectivity index (χ0) is 15.4. The van der Waals surface area contributed by atoms with Crippen LogP contribution in [0, 0.1) is 12.8 Å². The third-order valence-corrected chi connectivity index (χ3v) is 4.23. The second-order valence-electron chi connectivity index (χ2n) is 5.59. The largest absolute Gasteiger partial charge is 0.493 e. The first kappa shape index (κ1) is 15.6. The predicted octanol–water partition coefficient (Wildman–Crippen LogP) is 1.71. The molecule has 1 aromatic rings. The van der Waals surface area contributed by atoms with Gasteiger partial charge in [-0.25, -0.2) is 0 Å². The number of carbonyl (C=O) groups is 1. The zero-order valence-corrected chi connectivity index (χ0v) is 13.0. The molecule has 1 heterocycles. The van der Waals surface area contributed by atoms with Gasteiger partial charge in [0.1, 0.15) is 0 Å². The Kier molecular flexibility index (Phi) is 5.07. The van der Waals surface area contributed by atoms with E-state index in [1.54, 1.807) is 14.2 Å². The van der Waals surface area contributed by atoms with Gasteiger partial charge in [-0.15, -0.1) is 0 Å². The molecule has 2 N–H and O–H groups in total. The number of hydrogen-bond acceptors (Lipinski definition) is 4. The number of primary amides is 1. The van der Waals surface area contributed by atoms with Crippen LogP contribution in [0.3, 0.4) is 0 Å². The first-order chi connectivity index (χ1) is 10.0. The van der Waals surface area contributed by atoms with Crippen molar-refractivity contribution in [2.45, 2.75) is 26.3 Å². The molecule has 0 spiro atoms. The lowest BCUT2D eigenvalue weighted by Gasteiger charge is -2.31. The highest BCUT2D eigenvalue weighted by Gasteiger charge is 2.23. The number of piperidine rings is 1. The maximum absolute atomic E-state index is 11.2. The van der Waals surface area contributed by atoms with E-state index < -0.39 is 0 Å². The Morgan fingerprint density at radius 1 is 1.24 bits per heavy atom. The molecule has 116 valence electrons. The Morgan fingerprint density at radius 3 is 2.33 bits per heavy atom. The monoisotopic (exact) mass is 292 g/mol. The van der Waals surface area contributed by atoms with Crippen LogP contribution in [0.25, 0.3) is 0 Å². The standard InChI is InChI=1S/C16H24N2O3/c1-11-8-14(20-2)15(21-3)9-13(11)10-18-6-4-12(5-7-18)16(17)19/h8-9,12H,4-7,10H2,1-3H3,(H2,17,19). The number of aryl methyl sites for hydroxylation is 1. The van der Waals surface area contributed by atoms with Crippen molar-refractivity contribution < 1.29 is 14.3 Å². The molecule has 1 aliphatic rings. The summed E-state index contributed by atoms with van der Waals surface area (Å²) in [5.41, 5.74) is 7.78. The number of nitrogens with two attached hydrogens (primary N) is 1. The molecular formula is C16H24N2O3. The third-order valence-electron chi connectivity index (χ3n) is 4.23. The first-order valence-electron chi connectivity index (χ1n) is 7.28. The van der Waals surface area contributed by atoms with E-state index in [4.69, 9.17) is 15.2 Å². The molecule has 0 aliphatic carbocycles. The van der Waals surface area contributed by atoms with Gasteiger partial charge in [-0.1, -0.05) is 0 Å². The van der Waals surface area contributed by atoms with Gasteiger partial charge >= 0.3 is 0 Å². The lowest BCUT2D eigenvalue weighted by atomic mass is 9.95. The molecule has 0 atom stereocenters. The minimum absolute atomic E-state index is 0.0350. The fourth-order valence-electron chi connectivity index (χ4n) is 2.81. The van der Waals surface area contributed by atoms with Crippen molar-refractivity contribution in [3.8, 4) is 11.5 Å². The van der Waals surface area contributed by atoms with Crippen molar-refractivity contribution in [1.29, 1.82) is 0 Å². The summed E-state index contributed by atoms with van der Waals surface area (Å²) in [6.45, 7) is 4.74. The van der Waals surface area contributed by atoms with Gasteiger partial charge in [0, 0.05) is 12.5 Å². The highest BCUT2D eigenvalue weighted by Crippen LogP contribution is 2.31. The minimum atomic E-state index is -0.169. The van der Waals surface area contributed by atoms with Gasteiger partial charge in [0.2, 0.25) is 5.91 Å². The Balaban J connectivity index is 2.05. The molecule has 1 saturated heterocycles. The number of amides is 1. The predicted molar refractivity (Wildman–Crippen MR) is 81.5 cm³/mol. The average Bonchev–Trinajstić information content (AvgIpc) is 2.49. The van der Waals surface area contributed by atoms with E-state index in [0.717, 1.165) is 44.0 Å². The van der Waals surface area contributed by atoms with Crippen molar-refractivity contribution in [2.24, 2.45) is 11.7 Å². The number of benzene rings is 1. The summed E-state index contributed by atoms with van der Waals surface area (Å²) in [7, 11) is 3.29. The molecule has 0 radical (unpaired) electrons. The summed E-state index contributed by atoms with van der Waals surface area (Å²) in [6, 6.07) is 4.04. The van der Waals surface area contributed by atoms with Crippen molar-refractivity contribution in [2.75, 3.05) is 27.3 Å². The second-order valence-corrected chi connectivity index (χ2v) is 5.59. The van der Waals surface area contributed by atoms with Crippen LogP contribution < -0.4 is 15.2 Å². The normalized spacial score (nSPS) is 16.7. The van der Waals surface area contributed by atoms with Crippen LogP contribution in [-0.4, -0.2) is 38.1 Å². The molecule has 1 aliphatic heterocycles. The molecule has 0 aromatic heterocycles. The fourth-order valence-corrected chi connectivity index (χ4v) is 2.81. The van der Waals surface area contributed by atoms with E-state index >= 15 is 0 Å². The summed E-state index contributed by atoms with van der Waals surface area (Å²) in [5, 5.41) is 0. The van der Waals surface area contributed by atoms with Crippen molar-refractivity contribution >= 4 is 5.91 Å². The van der Waals surface area contributed by atoms with Crippen LogP contribution in [0.2, 0.25) is 0 Å². The fraction of sp³-hybridized carbons (Fsp3) is 0.562. The Hall–Kier alpha value is -1.75. The van der Waals surface area contributed by atoms with Gasteiger partial charge in [-0.2, -0.15) is 0 Å². The molecule has 2 rings (SSSR count). The molecular weight excluding hydrogens is 268 g/mol. The highest BCUT2D eigenvalue weighted by atomic mass is 16.5. The molecule has 0 bridgehead atoms. The van der Waals surface area contributed by atoms with Gasteiger partial charge in [0.15, 0.2) is 11.5 Å². The first-order valence-corrected chi connectivity index (χ1v) is 7.28. The Labute approximate surface area is 126 Å². The smallest absolute Gasteiger partial charge is 0.220 e. The van der Waals surface area contributed by atoms with Crippen molar-refractivity contribution in [3.05, 3.63) is 23.3 Å². The maximum atomic E-state index is 11.2. The van der Waals surface area contributed by atoms with Crippen molar-refractivity contribution in [3.63, 3.8) is 0 Å². The maximum Gasteiger partial charge on any atom is 0.220 e. The number of carbonyl (C=O) groups excluding carboxylic acids is 1. The number of methoxy groups -OCH3 is 2. The lowest BCUT2D eigenvalue weighted by molar-refractivity contribution is -0.123. The Bertz CT molecular complexity index is 508. The highest BCUT2D eigenvalue weighted by molar-refractivity contribution is 5.76. The van der Waals surface area contributed by atoms with Crippen LogP contribution in [-0.2, 0) is 11.3 Å². The average molecular weight is 292 g/mol. The van der Waals surface area contributed by atoms with Crippen LogP contribution in [0.5, 0.6) is 11.5 Å². The van der Waals surface area contributed by atoms with E-state index in [0.29, 0.717) is 0 Å². The van der Waals surface area contributed by atoms with Gasteiger partial charge in [-0.05, 0) is 56.1 Å². The van der Waals surface area contributed by atoms with Crippen LogP contribution >= 0.6 is 0 Å². The van der Waals surface area contributed by atoms with Gasteiger partial charge in [0.05, 0.1) is 14.2 Å². The minimum Gasteiger partial charge on any atom is -0.493 e. The van der Waals surface area contributed by atoms with Crippen LogP contribution in [0.15, 0.2) is 12.1 Å². The Morgan fingerprint density at radius 2 is 1.81 bits per heavy atom. The van der Waals surface area contributed by atoms with E-state index in [2.05, 4.69) is 11.8 Å². The van der Waals surface area contributed by atoms with Crippen molar-refractivity contribution in [1.82, 2.24) is 4.90 Å². The summed E-state index contributed by atoms with van der Waals surface area (Å²) in [5.74, 6) is 1.38. The summed E-state index contributed by atoms with van der Waals surface area (Å²) < 4.78 is 10.7. The second kappa shape index (κ2) is 6.80. The molecule has 1 amide bonds. The summed E-state index contributed by atoms with van der Waals surface area (Å²) in [6.07, 6.45) is 1.70. The van der Waals surface area contributed by atoms with E-state index in [-0.39, 0.29) is 11.8 Å². The number of rotatable bonds is 5. The number of nitrogens with zero attached hydrogens (tertiary/aromatic N) is 1. The van der Waals surface area contributed by atoms with Crippen LogP contribution in [0.4, 0.5) is 0 Å². The topological polar surface area (TPSA) is 64.8 Å². The summed E-state index contributed by atoms with van der Waals surface area (Å²) >= 11 is 0. The molecule has 21 heavy (non-hydrogen) atoms. The van der Waals surface area contributed by atoms with Gasteiger partial charge in [0.25, 0.3) is 0 Å². The summed E-state index contributed by atoms with van der Waals surface area (Å²) in [4.78, 5) is 13.6. The molecule has 0 saturated carbocycles. The number of likely N-dealkylation sites (tertiary alicyclic amines) is 1. The van der Waals surface area contributed by atoms with Crippen LogP contribution in [0.1, 0.15) is 24.0 Å². The molecule has 1 fully saturated rings. The number of hydrogen-bond donors (Lipinski definition) is 1. The zero-order valence-electron chi connectivity index (χ0n) is 13.0. The third kappa shape index (κ3) is 3.67. The van der Waals surface area contributed by atoms with E-state index in [1.807, 2.05) is 12.1 Å². The quantitative estimate of drug-likeness (QED) is 0.897. The van der Waals surface area contributed by atoms with Gasteiger partial charge in [-0.3, -0.25) is 9.69 Å². The van der Waals surface area contributed by atoms with Gasteiger partial charge < -0.3 is 15.2 Å². The molecule has 5 nitrogen and oxygen atoms in total. The number of ether oxygens (including phenoxy) is 2. The van der Waals surface area contributed by atoms with E-state index in [9.17, 15) is 4.79 Å². The SMILES string of the molecule is COc1cc(C)c(CN2CCC(C(N)=O)CC2)cc1OC. The lowest BCUT2D eigenvalue weighted by Crippen LogP contribution is -2.38. The molecule has 5 heteroatoms. The molecule has 1 aromatic carbocycles. The molecule has 0 unspecified atom stereocenters. The van der Waals surface area contributed by atoms with E-state index in [1.165, 1.54) is 11.1 Å².